The molecule has 1 heterocycles. The molecule has 0 saturated carbocycles. The van der Waals surface area contributed by atoms with Crippen LogP contribution in [0.15, 0.2) is 46.9 Å². The molecule has 0 unspecified atom stereocenters. The lowest BCUT2D eigenvalue weighted by molar-refractivity contribution is 0.247. The fourth-order valence-electron chi connectivity index (χ4n) is 3.30. The molecule has 0 bridgehead atoms. The average molecular weight is 376 g/mol. The van der Waals surface area contributed by atoms with Crippen LogP contribution in [0.5, 0.6) is 11.5 Å². The molecule has 2 aromatic carbocycles. The van der Waals surface area contributed by atoms with E-state index >= 15 is 0 Å². The summed E-state index contributed by atoms with van der Waals surface area (Å²) in [5.41, 5.74) is 2.63. The Hall–Kier alpha value is -1.52. The van der Waals surface area contributed by atoms with Crippen molar-refractivity contribution in [2.75, 3.05) is 20.8 Å². The summed E-state index contributed by atoms with van der Waals surface area (Å²) in [6, 6.07) is 15.2. The average Bonchev–Trinajstić information content (AvgIpc) is 3.04. The summed E-state index contributed by atoms with van der Waals surface area (Å²) in [5, 5.41) is 0. The minimum Gasteiger partial charge on any atom is -0.493 e. The predicted molar refractivity (Wildman–Crippen MR) is 96.1 cm³/mol. The van der Waals surface area contributed by atoms with Crippen molar-refractivity contribution in [2.45, 2.75) is 25.4 Å². The van der Waals surface area contributed by atoms with Gasteiger partial charge in [-0.1, -0.05) is 40.2 Å². The summed E-state index contributed by atoms with van der Waals surface area (Å²) in [7, 11) is 3.36. The van der Waals surface area contributed by atoms with Crippen LogP contribution in [0.2, 0.25) is 0 Å². The molecule has 2 aromatic rings. The highest BCUT2D eigenvalue weighted by Gasteiger charge is 2.27. The summed E-state index contributed by atoms with van der Waals surface area (Å²) >= 11 is 3.66. The zero-order valence-electron chi connectivity index (χ0n) is 13.6. The first kappa shape index (κ1) is 16.3. The predicted octanol–water partition coefficient (Wildman–Crippen LogP) is 4.80. The molecule has 1 aliphatic rings. The van der Waals surface area contributed by atoms with E-state index in [9.17, 15) is 0 Å². The second-order valence-corrected chi connectivity index (χ2v) is 6.69. The lowest BCUT2D eigenvalue weighted by Crippen LogP contribution is -2.23. The van der Waals surface area contributed by atoms with Gasteiger partial charge in [-0.2, -0.15) is 0 Å². The van der Waals surface area contributed by atoms with E-state index in [4.69, 9.17) is 9.47 Å². The van der Waals surface area contributed by atoms with Crippen molar-refractivity contribution < 1.29 is 9.47 Å². The third kappa shape index (κ3) is 3.54. The third-order valence-electron chi connectivity index (χ3n) is 4.49. The second-order valence-electron chi connectivity index (χ2n) is 5.83. The Balaban J connectivity index is 1.83. The van der Waals surface area contributed by atoms with Crippen LogP contribution in [-0.4, -0.2) is 25.7 Å². The van der Waals surface area contributed by atoms with E-state index in [0.29, 0.717) is 6.04 Å². The van der Waals surface area contributed by atoms with Gasteiger partial charge in [-0.25, -0.2) is 0 Å². The van der Waals surface area contributed by atoms with Crippen LogP contribution in [0.4, 0.5) is 0 Å². The summed E-state index contributed by atoms with van der Waals surface area (Å²) in [4.78, 5) is 2.54. The number of hydrogen-bond donors (Lipinski definition) is 0. The van der Waals surface area contributed by atoms with Crippen LogP contribution in [0.3, 0.4) is 0 Å². The van der Waals surface area contributed by atoms with Crippen LogP contribution < -0.4 is 9.47 Å². The van der Waals surface area contributed by atoms with Gasteiger partial charge in [0.1, 0.15) is 0 Å². The van der Waals surface area contributed by atoms with E-state index in [1.165, 1.54) is 28.4 Å². The number of halogens is 1. The zero-order chi connectivity index (χ0) is 16.2. The van der Waals surface area contributed by atoms with Crippen molar-refractivity contribution in [1.82, 2.24) is 4.90 Å². The first-order valence-corrected chi connectivity index (χ1v) is 8.71. The molecule has 4 heteroatoms. The highest BCUT2D eigenvalue weighted by atomic mass is 79.9. The number of likely N-dealkylation sites (tertiary alicyclic amines) is 1. The van der Waals surface area contributed by atoms with Crippen LogP contribution >= 0.6 is 15.9 Å². The fraction of sp³-hybridized carbons (Fsp3) is 0.368. The minimum atomic E-state index is 0.432. The van der Waals surface area contributed by atoms with Crippen LogP contribution in [-0.2, 0) is 6.54 Å². The van der Waals surface area contributed by atoms with Gasteiger partial charge in [0.2, 0.25) is 0 Å². The summed E-state index contributed by atoms with van der Waals surface area (Å²) < 4.78 is 12.0. The molecule has 1 fully saturated rings. The third-order valence-corrected chi connectivity index (χ3v) is 5.26. The van der Waals surface area contributed by atoms with Gasteiger partial charge in [0.25, 0.3) is 0 Å². The molecule has 0 aromatic heterocycles. The van der Waals surface area contributed by atoms with Crippen LogP contribution in [0.1, 0.15) is 30.0 Å². The van der Waals surface area contributed by atoms with E-state index in [-0.39, 0.29) is 0 Å². The Kier molecular flexibility index (Phi) is 5.23. The van der Waals surface area contributed by atoms with E-state index in [2.05, 4.69) is 57.2 Å². The molecule has 0 spiro atoms. The van der Waals surface area contributed by atoms with Crippen molar-refractivity contribution in [2.24, 2.45) is 0 Å². The Labute approximate surface area is 146 Å². The maximum absolute atomic E-state index is 5.46. The van der Waals surface area contributed by atoms with Crippen molar-refractivity contribution in [1.29, 1.82) is 0 Å². The van der Waals surface area contributed by atoms with E-state index in [1.807, 2.05) is 6.07 Å². The monoisotopic (exact) mass is 375 g/mol. The maximum atomic E-state index is 5.46. The maximum Gasteiger partial charge on any atom is 0.161 e. The number of ether oxygens (including phenoxy) is 2. The lowest BCUT2D eigenvalue weighted by atomic mass is 10.0. The van der Waals surface area contributed by atoms with Crippen LogP contribution in [0.25, 0.3) is 0 Å². The molecule has 23 heavy (non-hydrogen) atoms. The molecule has 1 saturated heterocycles. The standard InChI is InChI=1S/C19H22BrNO2/c1-22-18-10-9-14(12-19(18)23-2)17-8-5-11-21(17)13-15-6-3-4-7-16(15)20/h3-4,6-7,9-10,12,17H,5,8,11,13H2,1-2H3/t17-/m1/s1. The molecular formula is C19H22BrNO2. The molecule has 1 aliphatic heterocycles. The van der Waals surface area contributed by atoms with Gasteiger partial charge in [-0.3, -0.25) is 4.90 Å². The number of hydrogen-bond acceptors (Lipinski definition) is 3. The van der Waals surface area contributed by atoms with Gasteiger partial charge in [0, 0.05) is 17.1 Å². The summed E-state index contributed by atoms with van der Waals surface area (Å²) in [6.07, 6.45) is 2.41. The molecule has 0 radical (unpaired) electrons. The molecule has 3 rings (SSSR count). The number of benzene rings is 2. The van der Waals surface area contributed by atoms with Crippen LogP contribution in [0, 0.1) is 0 Å². The Morgan fingerprint density at radius 1 is 1.09 bits per heavy atom. The van der Waals surface area contributed by atoms with E-state index < -0.39 is 0 Å². The molecule has 0 aliphatic carbocycles. The summed E-state index contributed by atoms with van der Waals surface area (Å²) in [5.74, 6) is 1.59. The lowest BCUT2D eigenvalue weighted by Gasteiger charge is -2.26. The first-order chi connectivity index (χ1) is 11.2. The largest absolute Gasteiger partial charge is 0.493 e. The molecule has 122 valence electrons. The van der Waals surface area contributed by atoms with Gasteiger partial charge in [-0.15, -0.1) is 0 Å². The normalized spacial score (nSPS) is 18.1. The van der Waals surface area contributed by atoms with Gasteiger partial charge < -0.3 is 9.47 Å². The van der Waals surface area contributed by atoms with Gasteiger partial charge >= 0.3 is 0 Å². The quantitative estimate of drug-likeness (QED) is 0.748. The van der Waals surface area contributed by atoms with Gasteiger partial charge in [-0.05, 0) is 48.7 Å². The Morgan fingerprint density at radius 3 is 2.61 bits per heavy atom. The molecule has 3 nitrogen and oxygen atoms in total. The smallest absolute Gasteiger partial charge is 0.161 e. The first-order valence-electron chi connectivity index (χ1n) is 7.92. The number of nitrogens with zero attached hydrogens (tertiary/aromatic N) is 1. The van der Waals surface area contributed by atoms with Gasteiger partial charge in [0.05, 0.1) is 14.2 Å². The van der Waals surface area contributed by atoms with Crippen molar-refractivity contribution in [3.05, 3.63) is 58.1 Å². The van der Waals surface area contributed by atoms with Gasteiger partial charge in [0.15, 0.2) is 11.5 Å². The summed E-state index contributed by atoms with van der Waals surface area (Å²) in [6.45, 7) is 2.08. The van der Waals surface area contributed by atoms with E-state index in [1.54, 1.807) is 14.2 Å². The Morgan fingerprint density at radius 2 is 1.87 bits per heavy atom. The second kappa shape index (κ2) is 7.37. The van der Waals surface area contributed by atoms with Crippen molar-refractivity contribution in [3.8, 4) is 11.5 Å². The highest BCUT2D eigenvalue weighted by molar-refractivity contribution is 9.10. The molecule has 1 atom stereocenters. The Bertz CT molecular complexity index is 674. The zero-order valence-corrected chi connectivity index (χ0v) is 15.2. The fourth-order valence-corrected chi connectivity index (χ4v) is 3.71. The minimum absolute atomic E-state index is 0.432. The molecular weight excluding hydrogens is 354 g/mol. The topological polar surface area (TPSA) is 21.7 Å². The number of rotatable bonds is 5. The van der Waals surface area contributed by atoms with E-state index in [0.717, 1.165) is 24.6 Å². The molecule has 0 amide bonds. The highest BCUT2D eigenvalue weighted by Crippen LogP contribution is 2.38. The van der Waals surface area contributed by atoms with Crippen molar-refractivity contribution >= 4 is 15.9 Å². The number of methoxy groups -OCH3 is 2. The molecule has 0 N–H and O–H groups in total. The van der Waals surface area contributed by atoms with Crippen molar-refractivity contribution in [3.63, 3.8) is 0 Å². The SMILES string of the molecule is COc1ccc([C@H]2CCCN2Cc2ccccc2Br)cc1OC.